The number of nitrogens with zero attached hydrogens (tertiary/aromatic N) is 1. The number of nitrogens with one attached hydrogen (secondary N) is 1. The number of hydrogen-bond donors (Lipinski definition) is 2. The Morgan fingerprint density at radius 3 is 2.68 bits per heavy atom. The van der Waals surface area contributed by atoms with Gasteiger partial charge in [0.1, 0.15) is 5.84 Å². The van der Waals surface area contributed by atoms with Crippen LogP contribution in [0.15, 0.2) is 18.2 Å². The van der Waals surface area contributed by atoms with Gasteiger partial charge in [-0.05, 0) is 44.0 Å². The third kappa shape index (κ3) is 3.55. The standard InChI is InChI=1S/C15H23N3O/c1-11-9-12(15(16)17)3-4-13(11)10-18(2)14-5-7-19-8-6-14/h3-4,9,14H,5-8,10H2,1-2H3,(H3,16,17). The molecule has 0 atom stereocenters. The second kappa shape index (κ2) is 6.17. The van der Waals surface area contributed by atoms with Gasteiger partial charge in [-0.25, -0.2) is 0 Å². The first-order chi connectivity index (χ1) is 9.08. The quantitative estimate of drug-likeness (QED) is 0.642. The summed E-state index contributed by atoms with van der Waals surface area (Å²) in [4.78, 5) is 2.40. The molecule has 104 valence electrons. The number of nitrogen functional groups attached to an aromatic ring is 1. The van der Waals surface area contributed by atoms with Gasteiger partial charge in [0.05, 0.1) is 0 Å². The molecule has 3 N–H and O–H groups in total. The highest BCUT2D eigenvalue weighted by molar-refractivity contribution is 5.95. The molecule has 0 radical (unpaired) electrons. The fourth-order valence-electron chi connectivity index (χ4n) is 2.56. The largest absolute Gasteiger partial charge is 0.384 e. The fraction of sp³-hybridized carbons (Fsp3) is 0.533. The molecule has 1 aromatic rings. The van der Waals surface area contributed by atoms with Gasteiger partial charge in [0.2, 0.25) is 0 Å². The summed E-state index contributed by atoms with van der Waals surface area (Å²) < 4.78 is 5.40. The van der Waals surface area contributed by atoms with Crippen LogP contribution in [0.1, 0.15) is 29.5 Å². The molecule has 0 amide bonds. The molecule has 1 aromatic carbocycles. The molecule has 19 heavy (non-hydrogen) atoms. The van der Waals surface area contributed by atoms with Crippen LogP contribution in [0.2, 0.25) is 0 Å². The van der Waals surface area contributed by atoms with Crippen molar-refractivity contribution in [3.63, 3.8) is 0 Å². The SMILES string of the molecule is Cc1cc(C(=N)N)ccc1CN(C)C1CCOCC1. The van der Waals surface area contributed by atoms with Crippen molar-refractivity contribution in [3.8, 4) is 0 Å². The number of hydrogen-bond acceptors (Lipinski definition) is 3. The Kier molecular flexibility index (Phi) is 4.56. The Bertz CT molecular complexity index is 453. The molecule has 4 heteroatoms. The van der Waals surface area contributed by atoms with E-state index in [-0.39, 0.29) is 5.84 Å². The molecular weight excluding hydrogens is 238 g/mol. The highest BCUT2D eigenvalue weighted by atomic mass is 16.5. The van der Waals surface area contributed by atoms with E-state index in [1.807, 2.05) is 12.1 Å². The van der Waals surface area contributed by atoms with E-state index in [4.69, 9.17) is 15.9 Å². The van der Waals surface area contributed by atoms with Crippen molar-refractivity contribution >= 4 is 5.84 Å². The van der Waals surface area contributed by atoms with Gasteiger partial charge in [0, 0.05) is 31.4 Å². The van der Waals surface area contributed by atoms with E-state index in [0.717, 1.165) is 38.2 Å². The molecule has 1 fully saturated rings. The van der Waals surface area contributed by atoms with Gasteiger partial charge in [-0.1, -0.05) is 12.1 Å². The first kappa shape index (κ1) is 14.0. The highest BCUT2D eigenvalue weighted by Crippen LogP contribution is 2.18. The predicted molar refractivity (Wildman–Crippen MR) is 77.5 cm³/mol. The van der Waals surface area contributed by atoms with Gasteiger partial charge in [-0.3, -0.25) is 10.3 Å². The average molecular weight is 261 g/mol. The summed E-state index contributed by atoms with van der Waals surface area (Å²) in [6.07, 6.45) is 2.22. The highest BCUT2D eigenvalue weighted by Gasteiger charge is 2.18. The Morgan fingerprint density at radius 1 is 1.42 bits per heavy atom. The maximum Gasteiger partial charge on any atom is 0.122 e. The number of ether oxygens (including phenoxy) is 1. The Labute approximate surface area is 115 Å². The second-order valence-electron chi connectivity index (χ2n) is 5.31. The third-order valence-electron chi connectivity index (χ3n) is 3.89. The summed E-state index contributed by atoms with van der Waals surface area (Å²) in [6, 6.07) is 6.63. The van der Waals surface area contributed by atoms with Crippen LogP contribution in [-0.4, -0.2) is 37.0 Å². The van der Waals surface area contributed by atoms with Gasteiger partial charge in [-0.2, -0.15) is 0 Å². The topological polar surface area (TPSA) is 62.3 Å². The van der Waals surface area contributed by atoms with Crippen LogP contribution < -0.4 is 5.73 Å². The summed E-state index contributed by atoms with van der Waals surface area (Å²) in [5, 5.41) is 7.46. The van der Waals surface area contributed by atoms with Crippen molar-refractivity contribution in [2.45, 2.75) is 32.4 Å². The number of amidine groups is 1. The number of rotatable bonds is 4. The fourth-order valence-corrected chi connectivity index (χ4v) is 2.56. The number of nitrogens with two attached hydrogens (primary N) is 1. The maximum absolute atomic E-state index is 7.46. The van der Waals surface area contributed by atoms with Crippen molar-refractivity contribution in [2.24, 2.45) is 5.73 Å². The smallest absolute Gasteiger partial charge is 0.122 e. The predicted octanol–water partition coefficient (Wildman–Crippen LogP) is 1.89. The van der Waals surface area contributed by atoms with Gasteiger partial charge < -0.3 is 10.5 Å². The van der Waals surface area contributed by atoms with Gasteiger partial charge in [0.15, 0.2) is 0 Å². The maximum atomic E-state index is 7.46. The van der Waals surface area contributed by atoms with E-state index in [1.54, 1.807) is 0 Å². The van der Waals surface area contributed by atoms with Crippen LogP contribution in [0, 0.1) is 12.3 Å². The van der Waals surface area contributed by atoms with Gasteiger partial charge in [0.25, 0.3) is 0 Å². The van der Waals surface area contributed by atoms with Crippen molar-refractivity contribution in [1.29, 1.82) is 5.41 Å². The second-order valence-corrected chi connectivity index (χ2v) is 5.31. The zero-order valence-electron chi connectivity index (χ0n) is 11.8. The summed E-state index contributed by atoms with van der Waals surface area (Å²) >= 11 is 0. The van der Waals surface area contributed by atoms with Crippen molar-refractivity contribution in [3.05, 3.63) is 34.9 Å². The lowest BCUT2D eigenvalue weighted by Gasteiger charge is -2.31. The lowest BCUT2D eigenvalue weighted by molar-refractivity contribution is 0.0406. The average Bonchev–Trinajstić information content (AvgIpc) is 2.41. The zero-order chi connectivity index (χ0) is 13.8. The van der Waals surface area contributed by atoms with Crippen molar-refractivity contribution < 1.29 is 4.74 Å². The van der Waals surface area contributed by atoms with Crippen LogP contribution in [-0.2, 0) is 11.3 Å². The summed E-state index contributed by atoms with van der Waals surface area (Å²) in [6.45, 7) is 4.77. The number of benzene rings is 1. The molecule has 1 saturated heterocycles. The lowest BCUT2D eigenvalue weighted by atomic mass is 10.0. The summed E-state index contributed by atoms with van der Waals surface area (Å²) in [7, 11) is 2.17. The minimum absolute atomic E-state index is 0.132. The molecule has 0 bridgehead atoms. The molecule has 1 aliphatic heterocycles. The zero-order valence-corrected chi connectivity index (χ0v) is 11.8. The van der Waals surface area contributed by atoms with E-state index in [1.165, 1.54) is 11.1 Å². The van der Waals surface area contributed by atoms with Crippen LogP contribution in [0.25, 0.3) is 0 Å². The molecule has 2 rings (SSSR count). The van der Waals surface area contributed by atoms with Crippen LogP contribution in [0.3, 0.4) is 0 Å². The molecule has 1 aliphatic rings. The molecule has 1 heterocycles. The first-order valence-corrected chi connectivity index (χ1v) is 6.80. The van der Waals surface area contributed by atoms with Crippen LogP contribution in [0.5, 0.6) is 0 Å². The summed E-state index contributed by atoms with van der Waals surface area (Å²) in [5.41, 5.74) is 8.82. The van der Waals surface area contributed by atoms with E-state index < -0.39 is 0 Å². The van der Waals surface area contributed by atoms with E-state index in [0.29, 0.717) is 6.04 Å². The number of aryl methyl sites for hydroxylation is 1. The monoisotopic (exact) mass is 261 g/mol. The lowest BCUT2D eigenvalue weighted by Crippen LogP contribution is -2.36. The summed E-state index contributed by atoms with van der Waals surface area (Å²) in [5.74, 6) is 0.132. The van der Waals surface area contributed by atoms with E-state index in [9.17, 15) is 0 Å². The molecule has 4 nitrogen and oxygen atoms in total. The van der Waals surface area contributed by atoms with Crippen molar-refractivity contribution in [1.82, 2.24) is 4.90 Å². The Hall–Kier alpha value is -1.39. The van der Waals surface area contributed by atoms with Crippen LogP contribution in [0.4, 0.5) is 0 Å². The molecule has 0 spiro atoms. The molecule has 0 aromatic heterocycles. The van der Waals surface area contributed by atoms with Crippen molar-refractivity contribution in [2.75, 3.05) is 20.3 Å². The van der Waals surface area contributed by atoms with E-state index >= 15 is 0 Å². The minimum atomic E-state index is 0.132. The third-order valence-corrected chi connectivity index (χ3v) is 3.89. The molecule has 0 unspecified atom stereocenters. The van der Waals surface area contributed by atoms with Gasteiger partial charge in [-0.15, -0.1) is 0 Å². The van der Waals surface area contributed by atoms with Gasteiger partial charge >= 0.3 is 0 Å². The molecule has 0 aliphatic carbocycles. The Balaban J connectivity index is 2.03. The first-order valence-electron chi connectivity index (χ1n) is 6.80. The minimum Gasteiger partial charge on any atom is -0.384 e. The normalized spacial score (nSPS) is 16.8. The Morgan fingerprint density at radius 2 is 2.11 bits per heavy atom. The van der Waals surface area contributed by atoms with E-state index in [2.05, 4.69) is 24.9 Å². The molecular formula is C15H23N3O. The molecule has 0 saturated carbocycles. The van der Waals surface area contributed by atoms with Crippen LogP contribution >= 0.6 is 0 Å².